The van der Waals surface area contributed by atoms with Crippen LogP contribution in [0.2, 0.25) is 0 Å². The fourth-order valence-electron chi connectivity index (χ4n) is 2.09. The Hall–Kier alpha value is -3.10. The van der Waals surface area contributed by atoms with Gasteiger partial charge in [-0.3, -0.25) is 9.69 Å². The van der Waals surface area contributed by atoms with Crippen molar-refractivity contribution >= 4 is 18.2 Å². The summed E-state index contributed by atoms with van der Waals surface area (Å²) >= 11 is 0. The lowest BCUT2D eigenvalue weighted by Crippen LogP contribution is -2.37. The van der Waals surface area contributed by atoms with Gasteiger partial charge in [-0.05, 0) is 32.9 Å². The normalized spacial score (nSPS) is 11.0. The molecule has 0 aliphatic rings. The summed E-state index contributed by atoms with van der Waals surface area (Å²) in [6.45, 7) is 4.65. The average Bonchev–Trinajstić information content (AvgIpc) is 2.59. The van der Waals surface area contributed by atoms with E-state index >= 15 is 0 Å². The van der Waals surface area contributed by atoms with Crippen LogP contribution in [0.3, 0.4) is 0 Å². The average molecular weight is 379 g/mol. The number of nitrogens with zero attached hydrogens (tertiary/aromatic N) is 3. The molecule has 0 radical (unpaired) electrons. The molecule has 0 fully saturated rings. The molecule has 2 rings (SSSR count). The van der Waals surface area contributed by atoms with Crippen LogP contribution in [0.25, 0.3) is 0 Å². The molecular formula is C18H19F2N3O4. The van der Waals surface area contributed by atoms with E-state index in [1.165, 1.54) is 25.3 Å². The highest BCUT2D eigenvalue weighted by Crippen LogP contribution is 2.22. The number of amides is 1. The Morgan fingerprint density at radius 2 is 2.00 bits per heavy atom. The first-order valence-corrected chi connectivity index (χ1v) is 7.95. The summed E-state index contributed by atoms with van der Waals surface area (Å²) in [5.41, 5.74) is -1.04. The van der Waals surface area contributed by atoms with Crippen LogP contribution in [0.1, 0.15) is 36.7 Å². The molecule has 0 aromatic carbocycles. The smallest absolute Gasteiger partial charge is 0.416 e. The highest BCUT2D eigenvalue weighted by Gasteiger charge is 2.26. The summed E-state index contributed by atoms with van der Waals surface area (Å²) in [5.74, 6) is -1.73. The fourth-order valence-corrected chi connectivity index (χ4v) is 2.09. The minimum atomic E-state index is -1.05. The van der Waals surface area contributed by atoms with Crippen molar-refractivity contribution in [3.63, 3.8) is 0 Å². The van der Waals surface area contributed by atoms with E-state index in [0.717, 1.165) is 11.1 Å². The number of halogens is 2. The molecular weight excluding hydrogens is 360 g/mol. The molecule has 0 saturated carbocycles. The second-order valence-corrected chi connectivity index (χ2v) is 6.55. The van der Waals surface area contributed by atoms with Crippen molar-refractivity contribution in [1.29, 1.82) is 0 Å². The third kappa shape index (κ3) is 5.19. The molecule has 2 aromatic rings. The van der Waals surface area contributed by atoms with E-state index in [0.29, 0.717) is 6.29 Å². The standard InChI is InChI=1S/C18H19F2N3O4/c1-18(2,3)27-17(25)23(14-6-5-11(10-24)16(20)22-14)9-12-7-15(26-4)21-8-13(12)19/h5-8,10H,9H2,1-4H3. The van der Waals surface area contributed by atoms with Crippen molar-refractivity contribution in [3.05, 3.63) is 47.3 Å². The SMILES string of the molecule is COc1cc(CN(C(=O)OC(C)(C)C)c2ccc(C=O)c(F)n2)c(F)cn1. The van der Waals surface area contributed by atoms with E-state index in [2.05, 4.69) is 9.97 Å². The number of hydrogen-bond donors (Lipinski definition) is 0. The van der Waals surface area contributed by atoms with Gasteiger partial charge in [-0.15, -0.1) is 0 Å². The van der Waals surface area contributed by atoms with Gasteiger partial charge in [-0.2, -0.15) is 4.39 Å². The third-order valence-electron chi connectivity index (χ3n) is 3.33. The van der Waals surface area contributed by atoms with E-state index in [4.69, 9.17) is 9.47 Å². The Labute approximate surface area is 154 Å². The Morgan fingerprint density at radius 1 is 1.30 bits per heavy atom. The van der Waals surface area contributed by atoms with E-state index in [9.17, 15) is 18.4 Å². The lowest BCUT2D eigenvalue weighted by atomic mass is 10.2. The lowest BCUT2D eigenvalue weighted by molar-refractivity contribution is 0.0576. The molecule has 0 N–H and O–H groups in total. The number of pyridine rings is 2. The molecule has 0 atom stereocenters. The third-order valence-corrected chi connectivity index (χ3v) is 3.33. The first-order chi connectivity index (χ1) is 12.6. The maximum Gasteiger partial charge on any atom is 0.416 e. The molecule has 0 spiro atoms. The largest absolute Gasteiger partial charge is 0.481 e. The monoisotopic (exact) mass is 379 g/mol. The molecule has 1 amide bonds. The van der Waals surface area contributed by atoms with Gasteiger partial charge in [0, 0.05) is 11.6 Å². The fraction of sp³-hybridized carbons (Fsp3) is 0.333. The van der Waals surface area contributed by atoms with Gasteiger partial charge >= 0.3 is 6.09 Å². The van der Waals surface area contributed by atoms with E-state index in [1.54, 1.807) is 20.8 Å². The summed E-state index contributed by atoms with van der Waals surface area (Å²) in [4.78, 5) is 31.7. The van der Waals surface area contributed by atoms with Crippen molar-refractivity contribution < 1.29 is 27.8 Å². The van der Waals surface area contributed by atoms with Crippen molar-refractivity contribution in [1.82, 2.24) is 9.97 Å². The molecule has 9 heteroatoms. The first-order valence-electron chi connectivity index (χ1n) is 7.95. The minimum absolute atomic E-state index is 0.0642. The minimum Gasteiger partial charge on any atom is -0.481 e. The highest BCUT2D eigenvalue weighted by molar-refractivity contribution is 5.87. The zero-order chi connectivity index (χ0) is 20.2. The van der Waals surface area contributed by atoms with Crippen LogP contribution in [-0.4, -0.2) is 35.1 Å². The van der Waals surface area contributed by atoms with Gasteiger partial charge in [0.05, 0.1) is 25.4 Å². The van der Waals surface area contributed by atoms with Gasteiger partial charge in [-0.1, -0.05) is 0 Å². The van der Waals surface area contributed by atoms with Crippen molar-refractivity contribution in [3.8, 4) is 5.88 Å². The van der Waals surface area contributed by atoms with E-state index in [-0.39, 0.29) is 29.4 Å². The summed E-state index contributed by atoms with van der Waals surface area (Å²) in [6, 6.07) is 3.75. The van der Waals surface area contributed by atoms with Crippen molar-refractivity contribution in [2.24, 2.45) is 0 Å². The van der Waals surface area contributed by atoms with Gasteiger partial charge in [-0.25, -0.2) is 19.2 Å². The number of aldehydes is 1. The molecule has 0 aliphatic heterocycles. The van der Waals surface area contributed by atoms with Gasteiger partial charge in [0.15, 0.2) is 6.29 Å². The van der Waals surface area contributed by atoms with E-state index in [1.807, 2.05) is 0 Å². The number of rotatable bonds is 5. The maximum atomic E-state index is 14.1. The van der Waals surface area contributed by atoms with Crippen LogP contribution in [-0.2, 0) is 11.3 Å². The Kier molecular flexibility index (Phi) is 6.04. The van der Waals surface area contributed by atoms with Crippen LogP contribution in [0.15, 0.2) is 24.4 Å². The summed E-state index contributed by atoms with van der Waals surface area (Å²) in [5, 5.41) is 0. The van der Waals surface area contributed by atoms with Crippen LogP contribution in [0.5, 0.6) is 5.88 Å². The first kappa shape index (κ1) is 20.2. The molecule has 0 aliphatic carbocycles. The van der Waals surface area contributed by atoms with Crippen molar-refractivity contribution in [2.45, 2.75) is 32.9 Å². The second kappa shape index (κ2) is 8.07. The number of aromatic nitrogens is 2. The van der Waals surface area contributed by atoms with Gasteiger partial charge in [0.25, 0.3) is 0 Å². The Bertz CT molecular complexity index is 853. The topological polar surface area (TPSA) is 81.6 Å². The Morgan fingerprint density at radius 3 is 2.56 bits per heavy atom. The predicted molar refractivity (Wildman–Crippen MR) is 92.7 cm³/mol. The number of hydrogen-bond acceptors (Lipinski definition) is 6. The molecule has 2 heterocycles. The lowest BCUT2D eigenvalue weighted by Gasteiger charge is -2.27. The van der Waals surface area contributed by atoms with Crippen molar-refractivity contribution in [2.75, 3.05) is 12.0 Å². The quantitative estimate of drug-likeness (QED) is 0.584. The summed E-state index contributed by atoms with van der Waals surface area (Å²) in [7, 11) is 1.37. The number of ether oxygens (including phenoxy) is 2. The van der Waals surface area contributed by atoms with Gasteiger partial charge in [0.1, 0.15) is 17.2 Å². The molecule has 0 bridgehead atoms. The van der Waals surface area contributed by atoms with Gasteiger partial charge in [0.2, 0.25) is 11.8 Å². The molecule has 2 aromatic heterocycles. The van der Waals surface area contributed by atoms with Crippen LogP contribution in [0, 0.1) is 11.8 Å². The van der Waals surface area contributed by atoms with Crippen LogP contribution in [0.4, 0.5) is 19.4 Å². The molecule has 0 unspecified atom stereocenters. The zero-order valence-electron chi connectivity index (χ0n) is 15.3. The maximum absolute atomic E-state index is 14.1. The summed E-state index contributed by atoms with van der Waals surface area (Å²) in [6.07, 6.45) is 0.394. The molecule has 144 valence electrons. The summed E-state index contributed by atoms with van der Waals surface area (Å²) < 4.78 is 38.3. The molecule has 0 saturated heterocycles. The number of carbonyl (C=O) groups excluding carboxylic acids is 2. The van der Waals surface area contributed by atoms with Crippen LogP contribution >= 0.6 is 0 Å². The molecule has 7 nitrogen and oxygen atoms in total. The molecule has 27 heavy (non-hydrogen) atoms. The van der Waals surface area contributed by atoms with E-state index < -0.39 is 23.5 Å². The number of carbonyl (C=O) groups is 2. The second-order valence-electron chi connectivity index (χ2n) is 6.55. The highest BCUT2D eigenvalue weighted by atomic mass is 19.1. The van der Waals surface area contributed by atoms with Gasteiger partial charge < -0.3 is 9.47 Å². The van der Waals surface area contributed by atoms with Crippen LogP contribution < -0.4 is 9.64 Å². The predicted octanol–water partition coefficient (Wildman–Crippen LogP) is 3.52. The number of anilines is 1. The number of methoxy groups -OCH3 is 1. The zero-order valence-corrected chi connectivity index (χ0v) is 15.3. The Balaban J connectivity index is 2.45.